The number of rotatable bonds is 7. The molecule has 0 radical (unpaired) electrons. The van der Waals surface area contributed by atoms with Crippen LogP contribution >= 0.6 is 11.6 Å². The number of hydrogen-bond donors (Lipinski definition) is 1. The molecule has 1 N–H and O–H groups in total. The van der Waals surface area contributed by atoms with Gasteiger partial charge in [-0.05, 0) is 24.3 Å². The molecule has 1 heterocycles. The minimum atomic E-state index is -4.83. The number of carbonyl (C=O) groups is 1. The van der Waals surface area contributed by atoms with Gasteiger partial charge in [0, 0.05) is 13.3 Å². The smallest absolute Gasteiger partial charge is 0.417 e. The van der Waals surface area contributed by atoms with Gasteiger partial charge >= 0.3 is 12.4 Å². The van der Waals surface area contributed by atoms with Crippen molar-refractivity contribution in [3.63, 3.8) is 0 Å². The van der Waals surface area contributed by atoms with Crippen LogP contribution in [0, 0.1) is 0 Å². The Labute approximate surface area is 176 Å². The Balaban J connectivity index is 2.32. The lowest BCUT2D eigenvalue weighted by molar-refractivity contribution is -0.138. The second-order valence-corrected chi connectivity index (χ2v) is 6.51. The van der Waals surface area contributed by atoms with Crippen LogP contribution in [0.25, 0.3) is 0 Å². The van der Waals surface area contributed by atoms with Crippen LogP contribution in [0.4, 0.5) is 32.0 Å². The van der Waals surface area contributed by atoms with Crippen molar-refractivity contribution in [3.8, 4) is 5.75 Å². The molecule has 0 unspecified atom stereocenters. The minimum Gasteiger partial charge on any atom is -0.489 e. The van der Waals surface area contributed by atoms with Crippen LogP contribution in [0.2, 0.25) is 5.02 Å². The summed E-state index contributed by atoms with van der Waals surface area (Å²) in [4.78, 5) is 24.3. The first-order chi connectivity index (χ1) is 14.3. The third-order valence-corrected chi connectivity index (χ3v) is 4.08. The largest absolute Gasteiger partial charge is 0.489 e. The lowest BCUT2D eigenvalue weighted by atomic mass is 10.1. The van der Waals surface area contributed by atoms with Crippen LogP contribution in [0.3, 0.4) is 0 Å². The van der Waals surface area contributed by atoms with E-state index in [9.17, 15) is 35.9 Å². The van der Waals surface area contributed by atoms with Gasteiger partial charge in [0.05, 0.1) is 23.4 Å². The van der Waals surface area contributed by atoms with E-state index in [1.807, 2.05) is 0 Å². The fourth-order valence-corrected chi connectivity index (χ4v) is 2.61. The average molecular weight is 473 g/mol. The molecule has 0 saturated heterocycles. The van der Waals surface area contributed by atoms with Gasteiger partial charge < -0.3 is 19.4 Å². The van der Waals surface area contributed by atoms with Gasteiger partial charge in [-0.3, -0.25) is 9.59 Å². The van der Waals surface area contributed by atoms with Gasteiger partial charge in [0.25, 0.3) is 5.56 Å². The zero-order chi connectivity index (χ0) is 23.4. The van der Waals surface area contributed by atoms with Gasteiger partial charge in [-0.1, -0.05) is 11.6 Å². The molecule has 6 nitrogen and oxygen atoms in total. The van der Waals surface area contributed by atoms with Crippen molar-refractivity contribution >= 4 is 23.2 Å². The molecule has 0 saturated carbocycles. The second kappa shape index (κ2) is 9.60. The van der Waals surface area contributed by atoms with Crippen LogP contribution < -0.4 is 15.6 Å². The monoisotopic (exact) mass is 472 g/mol. The van der Waals surface area contributed by atoms with Gasteiger partial charge in [-0.2, -0.15) is 26.3 Å². The number of anilines is 1. The molecule has 2 aromatic rings. The summed E-state index contributed by atoms with van der Waals surface area (Å²) >= 11 is 5.51. The zero-order valence-electron chi connectivity index (χ0n) is 15.7. The molecule has 1 aromatic heterocycles. The summed E-state index contributed by atoms with van der Waals surface area (Å²) in [6.45, 7) is -0.879. The summed E-state index contributed by atoms with van der Waals surface area (Å²) in [5.74, 6) is -1.21. The van der Waals surface area contributed by atoms with Crippen LogP contribution in [0.1, 0.15) is 11.1 Å². The fourth-order valence-electron chi connectivity index (χ4n) is 2.38. The molecule has 0 aliphatic rings. The molecular formula is C18H15ClF6N2O4. The topological polar surface area (TPSA) is 69.6 Å². The normalized spacial score (nSPS) is 12.0. The third-order valence-electron chi connectivity index (χ3n) is 3.81. The molecule has 0 spiro atoms. The van der Waals surface area contributed by atoms with Crippen molar-refractivity contribution in [2.75, 3.05) is 25.6 Å². The van der Waals surface area contributed by atoms with Gasteiger partial charge in [0.1, 0.15) is 23.9 Å². The highest BCUT2D eigenvalue weighted by Crippen LogP contribution is 2.35. The zero-order valence-corrected chi connectivity index (χ0v) is 16.5. The number of hydrogen-bond acceptors (Lipinski definition) is 4. The Kier molecular flexibility index (Phi) is 7.60. The van der Waals surface area contributed by atoms with E-state index in [1.54, 1.807) is 0 Å². The van der Waals surface area contributed by atoms with Crippen molar-refractivity contribution in [2.24, 2.45) is 0 Å². The summed E-state index contributed by atoms with van der Waals surface area (Å²) in [7, 11) is 1.37. The lowest BCUT2D eigenvalue weighted by Crippen LogP contribution is -2.29. The number of benzene rings is 1. The molecule has 0 aliphatic carbocycles. The van der Waals surface area contributed by atoms with E-state index in [1.165, 1.54) is 7.11 Å². The van der Waals surface area contributed by atoms with Gasteiger partial charge in [0.2, 0.25) is 5.91 Å². The first kappa shape index (κ1) is 24.5. The van der Waals surface area contributed by atoms with E-state index in [2.05, 4.69) is 5.32 Å². The number of amides is 1. The highest BCUT2D eigenvalue weighted by Gasteiger charge is 2.33. The maximum atomic E-state index is 13.0. The number of aromatic nitrogens is 1. The number of methoxy groups -OCH3 is 1. The highest BCUT2D eigenvalue weighted by molar-refractivity contribution is 6.30. The number of carbonyl (C=O) groups excluding carboxylic acids is 1. The van der Waals surface area contributed by atoms with Crippen LogP contribution in [-0.2, 0) is 28.4 Å². The van der Waals surface area contributed by atoms with E-state index < -0.39 is 46.5 Å². The van der Waals surface area contributed by atoms with Crippen molar-refractivity contribution in [2.45, 2.75) is 18.9 Å². The summed E-state index contributed by atoms with van der Waals surface area (Å²) in [6, 6.07) is 2.71. The van der Waals surface area contributed by atoms with E-state index in [4.69, 9.17) is 21.1 Å². The number of halogens is 7. The molecule has 0 atom stereocenters. The molecule has 1 amide bonds. The number of alkyl halides is 6. The van der Waals surface area contributed by atoms with Crippen LogP contribution in [0.15, 0.2) is 35.3 Å². The number of pyridine rings is 1. The van der Waals surface area contributed by atoms with E-state index in [-0.39, 0.29) is 24.7 Å². The van der Waals surface area contributed by atoms with Crippen molar-refractivity contribution in [1.82, 2.24) is 4.57 Å². The van der Waals surface area contributed by atoms with Crippen molar-refractivity contribution in [1.29, 1.82) is 0 Å². The Hall–Kier alpha value is -2.73. The van der Waals surface area contributed by atoms with Crippen LogP contribution in [-0.4, -0.2) is 30.8 Å². The molecule has 0 fully saturated rings. The Morgan fingerprint density at radius 2 is 1.71 bits per heavy atom. The molecule has 2 rings (SSSR count). The summed E-state index contributed by atoms with van der Waals surface area (Å²) in [5, 5.41) is 1.34. The lowest BCUT2D eigenvalue weighted by Gasteiger charge is -2.16. The standard InChI is InChI=1S/C18H15ClF6N2O4/c1-30-4-5-31-14-3-2-10(17(20,21)22)7-13(14)26-15(28)9-27-8-11(18(23,24)25)6-12(19)16(27)29/h2-3,6-8H,4-5,9H2,1H3,(H,26,28). The van der Waals surface area contributed by atoms with E-state index in [0.717, 1.165) is 12.1 Å². The molecule has 1 aromatic carbocycles. The molecule has 0 bridgehead atoms. The average Bonchev–Trinajstić information content (AvgIpc) is 2.64. The number of nitrogens with zero attached hydrogens (tertiary/aromatic N) is 1. The molecular weight excluding hydrogens is 458 g/mol. The van der Waals surface area contributed by atoms with Crippen LogP contribution in [0.5, 0.6) is 5.75 Å². The quantitative estimate of drug-likeness (QED) is 0.484. The number of nitrogens with one attached hydrogen (secondary N) is 1. The highest BCUT2D eigenvalue weighted by atomic mass is 35.5. The molecule has 31 heavy (non-hydrogen) atoms. The van der Waals surface area contributed by atoms with E-state index in [0.29, 0.717) is 22.9 Å². The Bertz CT molecular complexity index is 1000. The fraction of sp³-hybridized carbons (Fsp3) is 0.333. The predicted molar refractivity (Wildman–Crippen MR) is 98.2 cm³/mol. The summed E-state index contributed by atoms with van der Waals surface area (Å²) < 4.78 is 88.2. The second-order valence-electron chi connectivity index (χ2n) is 6.11. The van der Waals surface area contributed by atoms with Gasteiger partial charge in [0.15, 0.2) is 0 Å². The predicted octanol–water partition coefficient (Wildman–Crippen LogP) is 4.20. The number of ether oxygens (including phenoxy) is 2. The molecule has 13 heteroatoms. The summed E-state index contributed by atoms with van der Waals surface area (Å²) in [5.41, 5.74) is -3.83. The molecule has 170 valence electrons. The van der Waals surface area contributed by atoms with Crippen molar-refractivity contribution < 1.29 is 40.6 Å². The maximum absolute atomic E-state index is 13.0. The van der Waals surface area contributed by atoms with E-state index >= 15 is 0 Å². The van der Waals surface area contributed by atoms with Gasteiger partial charge in [-0.15, -0.1) is 0 Å². The first-order valence-corrected chi connectivity index (χ1v) is 8.80. The minimum absolute atomic E-state index is 0.0482. The molecule has 0 aliphatic heterocycles. The third kappa shape index (κ3) is 6.62. The summed E-state index contributed by atoms with van der Waals surface area (Å²) in [6.07, 6.45) is -9.18. The SMILES string of the molecule is COCCOc1ccc(C(F)(F)F)cc1NC(=O)Cn1cc(C(F)(F)F)cc(Cl)c1=O. The maximum Gasteiger partial charge on any atom is 0.417 e. The van der Waals surface area contributed by atoms with Gasteiger partial charge in [-0.25, -0.2) is 0 Å². The first-order valence-electron chi connectivity index (χ1n) is 8.43. The Morgan fingerprint density at radius 3 is 2.29 bits per heavy atom. The van der Waals surface area contributed by atoms with Crippen molar-refractivity contribution in [3.05, 3.63) is 57.0 Å². The Morgan fingerprint density at radius 1 is 1.06 bits per heavy atom.